The summed E-state index contributed by atoms with van der Waals surface area (Å²) >= 11 is 0. The molecule has 0 spiro atoms. The van der Waals surface area contributed by atoms with Crippen molar-refractivity contribution in [3.63, 3.8) is 0 Å². The molecule has 1 aromatic rings. The fourth-order valence-corrected chi connectivity index (χ4v) is 1.38. The van der Waals surface area contributed by atoms with Gasteiger partial charge in [-0.15, -0.1) is 0 Å². The second kappa shape index (κ2) is 6.59. The average molecular weight is 247 g/mol. The summed E-state index contributed by atoms with van der Waals surface area (Å²) in [5, 5.41) is 0. The number of amides is 1. The summed E-state index contributed by atoms with van der Waals surface area (Å²) in [6.07, 6.45) is 2.32. The third-order valence-electron chi connectivity index (χ3n) is 2.49. The van der Waals surface area contributed by atoms with Crippen molar-refractivity contribution in [1.29, 1.82) is 0 Å². The molecule has 4 heteroatoms. The fourth-order valence-electron chi connectivity index (χ4n) is 1.38. The fraction of sp³-hybridized carbons (Fsp3) is 0.286. The number of hydrogen-bond acceptors (Lipinski definition) is 3. The number of carbonyl (C=O) groups is 2. The second-order valence-electron chi connectivity index (χ2n) is 3.80. The van der Waals surface area contributed by atoms with Crippen LogP contribution in [0.25, 0.3) is 0 Å². The van der Waals surface area contributed by atoms with Crippen molar-refractivity contribution in [2.45, 2.75) is 13.8 Å². The number of rotatable bonds is 4. The Morgan fingerprint density at radius 3 is 2.39 bits per heavy atom. The number of ketones is 1. The maximum absolute atomic E-state index is 11.8. The van der Waals surface area contributed by atoms with E-state index in [1.54, 1.807) is 19.1 Å². The highest BCUT2D eigenvalue weighted by Gasteiger charge is 2.08. The molecular weight excluding hydrogens is 230 g/mol. The van der Waals surface area contributed by atoms with E-state index in [4.69, 9.17) is 0 Å². The minimum atomic E-state index is -0.481. The molecule has 1 aromatic carbocycles. The van der Waals surface area contributed by atoms with E-state index >= 15 is 0 Å². The molecule has 0 saturated carbocycles. The quantitative estimate of drug-likeness (QED) is 0.607. The summed E-state index contributed by atoms with van der Waals surface area (Å²) in [6, 6.07) is 7.27. The topological polar surface area (TPSA) is 46.6 Å². The van der Waals surface area contributed by atoms with Gasteiger partial charge in [-0.1, -0.05) is 29.8 Å². The highest BCUT2D eigenvalue weighted by atomic mass is 16.5. The highest BCUT2D eigenvalue weighted by Crippen LogP contribution is 2.05. The van der Waals surface area contributed by atoms with Crippen molar-refractivity contribution < 1.29 is 14.3 Å². The van der Waals surface area contributed by atoms with Gasteiger partial charge in [0.15, 0.2) is 5.78 Å². The molecule has 0 heterocycles. The smallest absolute Gasteiger partial charge is 0.413 e. The Hall–Kier alpha value is -2.10. The van der Waals surface area contributed by atoms with Crippen LogP contribution in [0.1, 0.15) is 22.8 Å². The Kier molecular flexibility index (Phi) is 5.11. The van der Waals surface area contributed by atoms with E-state index in [0.717, 1.165) is 5.56 Å². The largest absolute Gasteiger partial charge is 0.452 e. The first-order valence-electron chi connectivity index (χ1n) is 5.72. The molecule has 0 bridgehead atoms. The van der Waals surface area contributed by atoms with Crippen molar-refractivity contribution in [3.8, 4) is 0 Å². The molecular formula is C14H17NO3. The normalized spacial score (nSPS) is 10.4. The van der Waals surface area contributed by atoms with Gasteiger partial charge < -0.3 is 4.74 Å². The lowest BCUT2D eigenvalue weighted by Crippen LogP contribution is -2.25. The zero-order valence-corrected chi connectivity index (χ0v) is 10.8. The number of benzene rings is 1. The van der Waals surface area contributed by atoms with Crippen LogP contribution >= 0.6 is 0 Å². The molecule has 0 unspecified atom stereocenters. The molecule has 1 amide bonds. The second-order valence-corrected chi connectivity index (χ2v) is 3.80. The van der Waals surface area contributed by atoms with Gasteiger partial charge in [-0.25, -0.2) is 4.79 Å². The summed E-state index contributed by atoms with van der Waals surface area (Å²) in [6.45, 7) is 4.21. The van der Waals surface area contributed by atoms with E-state index in [2.05, 4.69) is 4.74 Å². The van der Waals surface area contributed by atoms with Crippen LogP contribution < -0.4 is 0 Å². The number of ether oxygens (including phenoxy) is 1. The monoisotopic (exact) mass is 247 g/mol. The molecule has 0 aliphatic heterocycles. The molecule has 4 nitrogen and oxygen atoms in total. The molecule has 0 atom stereocenters. The SMILES string of the molecule is CCN(C=CC(=O)c1ccc(C)cc1)C(=O)OC. The van der Waals surface area contributed by atoms with Gasteiger partial charge in [0, 0.05) is 24.4 Å². The van der Waals surface area contributed by atoms with Gasteiger partial charge in [0.1, 0.15) is 0 Å². The van der Waals surface area contributed by atoms with Gasteiger partial charge in [-0.2, -0.15) is 0 Å². The molecule has 0 aliphatic rings. The van der Waals surface area contributed by atoms with Gasteiger partial charge in [-0.05, 0) is 13.8 Å². The van der Waals surface area contributed by atoms with E-state index in [1.165, 1.54) is 24.3 Å². The molecule has 0 fully saturated rings. The van der Waals surface area contributed by atoms with Crippen molar-refractivity contribution in [1.82, 2.24) is 4.90 Å². The zero-order chi connectivity index (χ0) is 13.5. The summed E-state index contributed by atoms with van der Waals surface area (Å²) in [5.74, 6) is -0.141. The Morgan fingerprint density at radius 1 is 1.28 bits per heavy atom. The Morgan fingerprint density at radius 2 is 1.89 bits per heavy atom. The Bertz CT molecular complexity index is 449. The van der Waals surface area contributed by atoms with Crippen molar-refractivity contribution in [3.05, 3.63) is 47.7 Å². The predicted molar refractivity (Wildman–Crippen MR) is 69.4 cm³/mol. The highest BCUT2D eigenvalue weighted by molar-refractivity contribution is 6.04. The van der Waals surface area contributed by atoms with E-state index in [9.17, 15) is 9.59 Å². The maximum atomic E-state index is 11.8. The maximum Gasteiger partial charge on any atom is 0.413 e. The van der Waals surface area contributed by atoms with E-state index in [-0.39, 0.29) is 5.78 Å². The van der Waals surface area contributed by atoms with Crippen LogP contribution in [-0.2, 0) is 4.74 Å². The average Bonchev–Trinajstić information content (AvgIpc) is 2.39. The molecule has 96 valence electrons. The van der Waals surface area contributed by atoms with Gasteiger partial charge in [0.25, 0.3) is 0 Å². The van der Waals surface area contributed by atoms with Gasteiger partial charge in [0.2, 0.25) is 0 Å². The third kappa shape index (κ3) is 3.73. The van der Waals surface area contributed by atoms with Crippen LogP contribution in [-0.4, -0.2) is 30.4 Å². The first-order valence-corrected chi connectivity index (χ1v) is 5.72. The number of carbonyl (C=O) groups excluding carboxylic acids is 2. The van der Waals surface area contributed by atoms with Crippen LogP contribution in [0.5, 0.6) is 0 Å². The molecule has 0 radical (unpaired) electrons. The van der Waals surface area contributed by atoms with Crippen molar-refractivity contribution in [2.75, 3.05) is 13.7 Å². The predicted octanol–water partition coefficient (Wildman–Crippen LogP) is 2.78. The summed E-state index contributed by atoms with van der Waals surface area (Å²) in [7, 11) is 1.31. The number of aryl methyl sites for hydroxylation is 1. The molecule has 0 N–H and O–H groups in total. The van der Waals surface area contributed by atoms with Gasteiger partial charge >= 0.3 is 6.09 Å². The molecule has 0 aliphatic carbocycles. The van der Waals surface area contributed by atoms with Gasteiger partial charge in [-0.3, -0.25) is 9.69 Å². The molecule has 0 saturated heterocycles. The summed E-state index contributed by atoms with van der Waals surface area (Å²) < 4.78 is 4.58. The van der Waals surface area contributed by atoms with E-state index < -0.39 is 6.09 Å². The van der Waals surface area contributed by atoms with Crippen LogP contribution in [0.2, 0.25) is 0 Å². The van der Waals surface area contributed by atoms with E-state index in [1.807, 2.05) is 19.1 Å². The Labute approximate surface area is 107 Å². The van der Waals surface area contributed by atoms with Crippen molar-refractivity contribution >= 4 is 11.9 Å². The molecule has 18 heavy (non-hydrogen) atoms. The minimum absolute atomic E-state index is 0.141. The Balaban J connectivity index is 2.74. The van der Waals surface area contributed by atoms with E-state index in [0.29, 0.717) is 12.1 Å². The molecule has 1 rings (SSSR count). The summed E-state index contributed by atoms with van der Waals surface area (Å²) in [5.41, 5.74) is 1.69. The minimum Gasteiger partial charge on any atom is -0.452 e. The lowest BCUT2D eigenvalue weighted by Gasteiger charge is -2.13. The van der Waals surface area contributed by atoms with Gasteiger partial charge in [0.05, 0.1) is 7.11 Å². The van der Waals surface area contributed by atoms with Crippen LogP contribution in [0.15, 0.2) is 36.5 Å². The zero-order valence-electron chi connectivity index (χ0n) is 10.8. The standard InChI is InChI=1S/C14H17NO3/c1-4-15(14(17)18-3)10-9-13(16)12-7-5-11(2)6-8-12/h5-10H,4H2,1-3H3. The van der Waals surface area contributed by atoms with Crippen LogP contribution in [0.4, 0.5) is 4.79 Å². The number of hydrogen-bond donors (Lipinski definition) is 0. The molecule has 0 aromatic heterocycles. The number of allylic oxidation sites excluding steroid dienone is 1. The van der Waals surface area contributed by atoms with Crippen molar-refractivity contribution in [2.24, 2.45) is 0 Å². The first-order chi connectivity index (χ1) is 8.58. The van der Waals surface area contributed by atoms with Crippen LogP contribution in [0, 0.1) is 6.92 Å². The lowest BCUT2D eigenvalue weighted by atomic mass is 10.1. The summed E-state index contributed by atoms with van der Waals surface area (Å²) in [4.78, 5) is 24.4. The first kappa shape index (κ1) is 14.0. The van der Waals surface area contributed by atoms with Crippen LogP contribution in [0.3, 0.4) is 0 Å². The number of methoxy groups -OCH3 is 1. The number of nitrogens with zero attached hydrogens (tertiary/aromatic N) is 1. The third-order valence-corrected chi connectivity index (χ3v) is 2.49. The lowest BCUT2D eigenvalue weighted by molar-refractivity contribution is 0.104.